The van der Waals surface area contributed by atoms with Gasteiger partial charge in [0.25, 0.3) is 0 Å². The summed E-state index contributed by atoms with van der Waals surface area (Å²) in [6, 6.07) is 77.5. The van der Waals surface area contributed by atoms with Crippen molar-refractivity contribution in [2.75, 3.05) is 0 Å². The molecule has 11 aromatic rings. The smallest absolute Gasteiger partial charge is 0.193 e. The summed E-state index contributed by atoms with van der Waals surface area (Å²) in [6.45, 7) is 6.48. The van der Waals surface area contributed by atoms with Crippen LogP contribution < -0.4 is 10.9 Å². The summed E-state index contributed by atoms with van der Waals surface area (Å²) in [5.41, 5.74) is 20.6. The Morgan fingerprint density at radius 1 is 0.478 bits per heavy atom. The first-order valence-corrected chi connectivity index (χ1v) is 23.1. The third kappa shape index (κ3) is 7.98. The van der Waals surface area contributed by atoms with E-state index in [1.807, 2.05) is 60.7 Å². The lowest BCUT2D eigenvalue weighted by molar-refractivity contribution is 0.667. The highest BCUT2D eigenvalue weighted by Gasteiger charge is 2.25. The topological polar surface area (TPSA) is 63.6 Å². The average molecular weight is 882 g/mol. The molecule has 0 amide bonds. The minimum Gasteiger partial charge on any atom is -0.452 e. The monoisotopic (exact) mass is 881 g/mol. The van der Waals surface area contributed by atoms with Crippen LogP contribution in [0, 0.1) is 0 Å². The van der Waals surface area contributed by atoms with Crippen LogP contribution in [-0.4, -0.2) is 28.8 Å². The van der Waals surface area contributed by atoms with Crippen molar-refractivity contribution in [1.82, 2.24) is 9.97 Å². The van der Waals surface area contributed by atoms with Gasteiger partial charge in [-0.2, -0.15) is 0 Å². The Morgan fingerprint density at radius 3 is 1.72 bits per heavy atom. The molecule has 0 unspecified atom stereocenters. The number of nitrogens with zero attached hydrogens (tertiary/aromatic N) is 4. The summed E-state index contributed by atoms with van der Waals surface area (Å²) in [5, 5.41) is 0.932. The zero-order chi connectivity index (χ0) is 46.3. The summed E-state index contributed by atoms with van der Waals surface area (Å²) in [7, 11) is 2.26. The predicted octanol–water partition coefficient (Wildman–Crippen LogP) is 14.3. The van der Waals surface area contributed by atoms with Crippen molar-refractivity contribution >= 4 is 57.5 Å². The number of hydrogen-bond donors (Lipinski definition) is 0. The molecular weight excluding hydrogens is 840 g/mol. The Bertz CT molecular complexity index is 3790. The second-order valence-electron chi connectivity index (χ2n) is 17.3. The van der Waals surface area contributed by atoms with Gasteiger partial charge in [0.1, 0.15) is 16.8 Å². The van der Waals surface area contributed by atoms with Crippen LogP contribution in [0.15, 0.2) is 245 Å². The normalized spacial score (nSPS) is 12.2. The Balaban J connectivity index is 0.914. The molecule has 3 heterocycles. The Labute approximate surface area is 401 Å². The van der Waals surface area contributed by atoms with E-state index in [0.29, 0.717) is 22.9 Å². The molecule has 6 heteroatoms. The highest BCUT2D eigenvalue weighted by atomic mass is 16.3. The van der Waals surface area contributed by atoms with Crippen molar-refractivity contribution in [3.63, 3.8) is 0 Å². The van der Waals surface area contributed by atoms with Crippen LogP contribution in [0.3, 0.4) is 0 Å². The second kappa shape index (κ2) is 17.7. The van der Waals surface area contributed by atoms with E-state index in [2.05, 4.69) is 185 Å². The number of aliphatic imine (C=N–C) groups is 2. The summed E-state index contributed by atoms with van der Waals surface area (Å²) in [6.07, 6.45) is 0. The van der Waals surface area contributed by atoms with Crippen molar-refractivity contribution in [3.05, 3.63) is 248 Å². The summed E-state index contributed by atoms with van der Waals surface area (Å²) < 4.78 is 6.67. The molecule has 5 nitrogen and oxygen atoms in total. The van der Waals surface area contributed by atoms with Crippen LogP contribution in [0.4, 0.5) is 0 Å². The minimum absolute atomic E-state index is 0.603. The number of amidine groups is 1. The fourth-order valence-corrected chi connectivity index (χ4v) is 9.36. The first-order valence-electron chi connectivity index (χ1n) is 23.1. The summed E-state index contributed by atoms with van der Waals surface area (Å²) in [4.78, 5) is 20.7. The molecule has 323 valence electrons. The van der Waals surface area contributed by atoms with Crippen molar-refractivity contribution in [1.29, 1.82) is 0 Å². The number of aromatic nitrogens is 2. The predicted molar refractivity (Wildman–Crippen MR) is 288 cm³/mol. The molecule has 0 saturated heterocycles. The largest absolute Gasteiger partial charge is 0.452 e. The van der Waals surface area contributed by atoms with Gasteiger partial charge in [-0.1, -0.05) is 224 Å². The highest BCUT2D eigenvalue weighted by Crippen LogP contribution is 2.39. The van der Waals surface area contributed by atoms with Crippen LogP contribution in [0.5, 0.6) is 0 Å². The lowest BCUT2D eigenvalue weighted by atomic mass is 9.68. The molecule has 1 aliphatic rings. The van der Waals surface area contributed by atoms with E-state index < -0.39 is 0 Å². The third-order valence-corrected chi connectivity index (χ3v) is 12.9. The fraction of sp³-hybridized carbons (Fsp3) is 0.0159. The number of hydrogen-bond acceptors (Lipinski definition) is 4. The van der Waals surface area contributed by atoms with Crippen LogP contribution >= 0.6 is 0 Å². The van der Waals surface area contributed by atoms with E-state index in [9.17, 15) is 0 Å². The van der Waals surface area contributed by atoms with Gasteiger partial charge in [-0.05, 0) is 75.2 Å². The molecule has 1 aliphatic heterocycles. The van der Waals surface area contributed by atoms with E-state index in [1.54, 1.807) is 0 Å². The second-order valence-corrected chi connectivity index (χ2v) is 17.3. The lowest BCUT2D eigenvalue weighted by Crippen LogP contribution is -2.21. The summed E-state index contributed by atoms with van der Waals surface area (Å²) in [5.74, 6) is 1.25. The maximum Gasteiger partial charge on any atom is 0.193 e. The van der Waals surface area contributed by atoms with Gasteiger partial charge in [-0.15, -0.1) is 0 Å². The van der Waals surface area contributed by atoms with Crippen molar-refractivity contribution in [2.45, 2.75) is 6.92 Å². The molecule has 0 N–H and O–H groups in total. The van der Waals surface area contributed by atoms with Gasteiger partial charge in [0, 0.05) is 33.4 Å². The zero-order valence-corrected chi connectivity index (χ0v) is 37.8. The molecule has 0 fully saturated rings. The Hall–Kier alpha value is -9.00. The quantitative estimate of drug-likeness (QED) is 0.0824. The van der Waals surface area contributed by atoms with Crippen LogP contribution in [0.2, 0.25) is 0 Å². The zero-order valence-electron chi connectivity index (χ0n) is 37.8. The SMILES string of the molecule is C=C(N=C(N=C(C)c1cccc2c1-c1cc(-c3ccc4oc5c(-c6ccc(-c7ccccc7)cc6)nc(-c6ccccc6)nc5c4c3)ccc1[B]2)c1ccccc1)c1ccc(-c2ccccc2)cc1. The van der Waals surface area contributed by atoms with E-state index >= 15 is 0 Å². The molecule has 1 radical (unpaired) electrons. The van der Waals surface area contributed by atoms with Crippen LogP contribution in [0.1, 0.15) is 23.6 Å². The number of benzene rings is 9. The molecule has 0 saturated carbocycles. The third-order valence-electron chi connectivity index (χ3n) is 12.9. The van der Waals surface area contributed by atoms with Crippen LogP contribution in [-0.2, 0) is 0 Å². The van der Waals surface area contributed by atoms with Crippen LogP contribution in [0.25, 0.3) is 94.9 Å². The Kier molecular flexibility index (Phi) is 10.6. The summed E-state index contributed by atoms with van der Waals surface area (Å²) >= 11 is 0. The average Bonchev–Trinajstić information content (AvgIpc) is 3.99. The first-order chi connectivity index (χ1) is 34.0. The number of rotatable bonds is 9. The van der Waals surface area contributed by atoms with Gasteiger partial charge in [0.05, 0.1) is 5.70 Å². The van der Waals surface area contributed by atoms with Gasteiger partial charge in [0.2, 0.25) is 0 Å². The molecule has 69 heavy (non-hydrogen) atoms. The lowest BCUT2D eigenvalue weighted by Gasteiger charge is -2.13. The fourth-order valence-electron chi connectivity index (χ4n) is 9.36. The molecule has 0 aliphatic carbocycles. The molecule has 0 spiro atoms. The first kappa shape index (κ1) is 41.4. The maximum atomic E-state index is 6.67. The molecule has 0 bridgehead atoms. The van der Waals surface area contributed by atoms with E-state index in [4.69, 9.17) is 24.4 Å². The van der Waals surface area contributed by atoms with Crippen molar-refractivity contribution in [3.8, 4) is 67.2 Å². The van der Waals surface area contributed by atoms with Gasteiger partial charge in [-0.3, -0.25) is 0 Å². The molecular formula is C63H42BN4O. The number of furan rings is 1. The number of fused-ring (bicyclic) bond motifs is 6. The van der Waals surface area contributed by atoms with Gasteiger partial charge < -0.3 is 4.42 Å². The molecule has 0 atom stereocenters. The highest BCUT2D eigenvalue weighted by molar-refractivity contribution is 6.73. The van der Waals surface area contributed by atoms with Gasteiger partial charge >= 0.3 is 0 Å². The standard InChI is InChI=1S/C63H42BN4O/c1-40(42-26-28-45(29-27-42)43-16-7-3-8-17-43)65-62(48-20-11-5-12-21-48)66-41(2)52-24-15-25-56-58(52)53-38-50(34-36-55(53)64-56)51-35-37-57-54(39-51)60-61(69-57)59(67-63(68-60)49-22-13-6-14-23-49)47-32-30-46(31-33-47)44-18-9-4-10-19-44/h3-39H,1H2,2H3. The van der Waals surface area contributed by atoms with Crippen molar-refractivity contribution in [2.24, 2.45) is 9.98 Å². The Morgan fingerprint density at radius 2 is 1.04 bits per heavy atom. The van der Waals surface area contributed by atoms with E-state index in [1.165, 1.54) is 5.56 Å². The molecule has 9 aromatic carbocycles. The molecule has 2 aromatic heterocycles. The molecule has 12 rings (SSSR count). The van der Waals surface area contributed by atoms with Crippen molar-refractivity contribution < 1.29 is 4.42 Å². The maximum absolute atomic E-state index is 6.67. The minimum atomic E-state index is 0.603. The van der Waals surface area contributed by atoms with Gasteiger partial charge in [0.15, 0.2) is 24.5 Å². The van der Waals surface area contributed by atoms with E-state index in [-0.39, 0.29) is 0 Å². The van der Waals surface area contributed by atoms with E-state index in [0.717, 1.165) is 106 Å². The van der Waals surface area contributed by atoms with Gasteiger partial charge in [-0.25, -0.2) is 20.0 Å².